The molecule has 0 aliphatic carbocycles. The van der Waals surface area contributed by atoms with E-state index in [1.54, 1.807) is 35.7 Å². The molecule has 0 saturated heterocycles. The molecule has 2 aromatic heterocycles. The molecule has 29 heavy (non-hydrogen) atoms. The standard InChI is InChI=1S/C20H19FN4O2S2/c1-13-6-7-18(14(2)10-13)29(26,27)22-9-8-17-12-28-20-23-19(24-25(17)20)15-4-3-5-16(21)11-15/h3-7,10-12,22H,8-9H2,1-2H3. The Morgan fingerprint density at radius 2 is 2.00 bits per heavy atom. The highest BCUT2D eigenvalue weighted by Gasteiger charge is 2.17. The molecule has 2 aromatic carbocycles. The first kappa shape index (κ1) is 19.7. The molecule has 6 nitrogen and oxygen atoms in total. The van der Waals surface area contributed by atoms with Gasteiger partial charge in [0.25, 0.3) is 0 Å². The molecular weight excluding hydrogens is 411 g/mol. The number of nitrogens with one attached hydrogen (secondary N) is 1. The number of fused-ring (bicyclic) bond motifs is 1. The lowest BCUT2D eigenvalue weighted by Gasteiger charge is -2.09. The molecule has 0 bridgehead atoms. The molecule has 9 heteroatoms. The van der Waals surface area contributed by atoms with Crippen LogP contribution in [-0.2, 0) is 16.4 Å². The van der Waals surface area contributed by atoms with Crippen LogP contribution in [0.5, 0.6) is 0 Å². The van der Waals surface area contributed by atoms with Crippen molar-refractivity contribution in [1.82, 2.24) is 19.3 Å². The highest BCUT2D eigenvalue weighted by molar-refractivity contribution is 7.89. The summed E-state index contributed by atoms with van der Waals surface area (Å²) in [7, 11) is -3.59. The molecule has 0 fully saturated rings. The first-order valence-electron chi connectivity index (χ1n) is 8.99. The summed E-state index contributed by atoms with van der Waals surface area (Å²) in [5, 5.41) is 6.35. The molecule has 0 amide bonds. The van der Waals surface area contributed by atoms with E-state index >= 15 is 0 Å². The van der Waals surface area contributed by atoms with Crippen molar-refractivity contribution in [2.24, 2.45) is 0 Å². The molecule has 1 N–H and O–H groups in total. The summed E-state index contributed by atoms with van der Waals surface area (Å²) >= 11 is 1.41. The Morgan fingerprint density at radius 3 is 2.76 bits per heavy atom. The normalized spacial score (nSPS) is 12.0. The van der Waals surface area contributed by atoms with Gasteiger partial charge in [-0.2, -0.15) is 4.98 Å². The van der Waals surface area contributed by atoms with Crippen LogP contribution in [0, 0.1) is 19.7 Å². The minimum Gasteiger partial charge on any atom is -0.211 e. The van der Waals surface area contributed by atoms with Crippen LogP contribution in [0.15, 0.2) is 52.7 Å². The Balaban J connectivity index is 1.50. The van der Waals surface area contributed by atoms with E-state index < -0.39 is 10.0 Å². The molecule has 0 unspecified atom stereocenters. The fraction of sp³-hybridized carbons (Fsp3) is 0.200. The quantitative estimate of drug-likeness (QED) is 0.506. The lowest BCUT2D eigenvalue weighted by molar-refractivity contribution is 0.580. The summed E-state index contributed by atoms with van der Waals surface area (Å²) in [4.78, 5) is 5.40. The van der Waals surface area contributed by atoms with E-state index in [1.165, 1.54) is 23.5 Å². The van der Waals surface area contributed by atoms with Gasteiger partial charge in [-0.3, -0.25) is 0 Å². The summed E-state index contributed by atoms with van der Waals surface area (Å²) in [5.41, 5.74) is 3.17. The van der Waals surface area contributed by atoms with Gasteiger partial charge in [-0.25, -0.2) is 22.0 Å². The maximum Gasteiger partial charge on any atom is 0.240 e. The molecule has 4 rings (SSSR count). The number of halogens is 1. The molecule has 0 aliphatic heterocycles. The fourth-order valence-electron chi connectivity index (χ4n) is 3.14. The van der Waals surface area contributed by atoms with Gasteiger partial charge in [0.05, 0.1) is 10.6 Å². The first-order chi connectivity index (χ1) is 13.8. The number of nitrogens with zero attached hydrogens (tertiary/aromatic N) is 3. The van der Waals surface area contributed by atoms with E-state index in [1.807, 2.05) is 18.4 Å². The highest BCUT2D eigenvalue weighted by Crippen LogP contribution is 2.22. The second-order valence-corrected chi connectivity index (χ2v) is 9.36. The SMILES string of the molecule is Cc1ccc(S(=O)(=O)NCCc2csc3nc(-c4cccc(F)c4)nn23)c(C)c1. The third-order valence-corrected chi connectivity index (χ3v) is 7.01. The molecule has 0 aliphatic rings. The van der Waals surface area contributed by atoms with Crippen molar-refractivity contribution in [2.45, 2.75) is 25.2 Å². The second kappa shape index (κ2) is 7.66. The number of thiazole rings is 1. The van der Waals surface area contributed by atoms with Crippen molar-refractivity contribution in [2.75, 3.05) is 6.54 Å². The molecule has 4 aromatic rings. The van der Waals surface area contributed by atoms with E-state index in [9.17, 15) is 12.8 Å². The molecule has 0 radical (unpaired) electrons. The van der Waals surface area contributed by atoms with Gasteiger partial charge in [0.15, 0.2) is 5.82 Å². The molecule has 0 saturated carbocycles. The van der Waals surface area contributed by atoms with Gasteiger partial charge >= 0.3 is 0 Å². The lowest BCUT2D eigenvalue weighted by Crippen LogP contribution is -2.27. The summed E-state index contributed by atoms with van der Waals surface area (Å²) in [5.74, 6) is 0.0927. The maximum absolute atomic E-state index is 13.5. The fourth-order valence-corrected chi connectivity index (χ4v) is 5.25. The van der Waals surface area contributed by atoms with E-state index in [-0.39, 0.29) is 17.3 Å². The molecule has 0 atom stereocenters. The topological polar surface area (TPSA) is 76.4 Å². The van der Waals surface area contributed by atoms with E-state index in [0.29, 0.717) is 28.3 Å². The van der Waals surface area contributed by atoms with Crippen molar-refractivity contribution >= 4 is 26.3 Å². The molecule has 2 heterocycles. The minimum atomic E-state index is -3.59. The van der Waals surface area contributed by atoms with Crippen LogP contribution in [0.1, 0.15) is 16.8 Å². The van der Waals surface area contributed by atoms with Crippen molar-refractivity contribution in [3.05, 3.63) is 70.5 Å². The van der Waals surface area contributed by atoms with Crippen LogP contribution >= 0.6 is 11.3 Å². The Kier molecular flexibility index (Phi) is 5.20. The molecular formula is C20H19FN4O2S2. The van der Waals surface area contributed by atoms with Gasteiger partial charge in [0, 0.05) is 23.9 Å². The zero-order valence-electron chi connectivity index (χ0n) is 15.9. The summed E-state index contributed by atoms with van der Waals surface area (Å²) < 4.78 is 43.0. The summed E-state index contributed by atoms with van der Waals surface area (Å²) in [6, 6.07) is 11.4. The summed E-state index contributed by atoms with van der Waals surface area (Å²) in [6.45, 7) is 3.94. The van der Waals surface area contributed by atoms with Crippen LogP contribution in [-0.4, -0.2) is 29.6 Å². The Labute approximate surface area is 172 Å². The van der Waals surface area contributed by atoms with Gasteiger partial charge in [-0.15, -0.1) is 16.4 Å². The number of hydrogen-bond donors (Lipinski definition) is 1. The van der Waals surface area contributed by atoms with Gasteiger partial charge in [0.1, 0.15) is 5.82 Å². The van der Waals surface area contributed by atoms with Crippen molar-refractivity contribution < 1.29 is 12.8 Å². The van der Waals surface area contributed by atoms with Crippen LogP contribution < -0.4 is 4.72 Å². The number of rotatable bonds is 6. The van der Waals surface area contributed by atoms with Gasteiger partial charge < -0.3 is 0 Å². The van der Waals surface area contributed by atoms with E-state index in [2.05, 4.69) is 14.8 Å². The Hall–Kier alpha value is -2.62. The van der Waals surface area contributed by atoms with E-state index in [4.69, 9.17) is 0 Å². The summed E-state index contributed by atoms with van der Waals surface area (Å²) in [6.07, 6.45) is 0.454. The van der Waals surface area contributed by atoms with Gasteiger partial charge in [-0.05, 0) is 37.6 Å². The predicted molar refractivity (Wildman–Crippen MR) is 111 cm³/mol. The number of aryl methyl sites for hydroxylation is 2. The largest absolute Gasteiger partial charge is 0.240 e. The molecule has 0 spiro atoms. The van der Waals surface area contributed by atoms with Gasteiger partial charge in [0.2, 0.25) is 15.0 Å². The minimum absolute atomic E-state index is 0.233. The van der Waals surface area contributed by atoms with Crippen molar-refractivity contribution in [3.63, 3.8) is 0 Å². The number of benzene rings is 2. The van der Waals surface area contributed by atoms with Crippen LogP contribution in [0.3, 0.4) is 0 Å². The average Bonchev–Trinajstić information content (AvgIpc) is 3.23. The zero-order chi connectivity index (χ0) is 20.6. The Morgan fingerprint density at radius 1 is 1.17 bits per heavy atom. The van der Waals surface area contributed by atoms with Crippen molar-refractivity contribution in [1.29, 1.82) is 0 Å². The van der Waals surface area contributed by atoms with Crippen LogP contribution in [0.2, 0.25) is 0 Å². The smallest absolute Gasteiger partial charge is 0.211 e. The number of hydrogen-bond acceptors (Lipinski definition) is 5. The van der Waals surface area contributed by atoms with E-state index in [0.717, 1.165) is 11.3 Å². The van der Waals surface area contributed by atoms with Crippen LogP contribution in [0.25, 0.3) is 16.3 Å². The maximum atomic E-state index is 13.5. The predicted octanol–water partition coefficient (Wildman–Crippen LogP) is 3.73. The monoisotopic (exact) mass is 430 g/mol. The van der Waals surface area contributed by atoms with Crippen LogP contribution in [0.4, 0.5) is 4.39 Å². The zero-order valence-corrected chi connectivity index (χ0v) is 17.5. The molecule has 150 valence electrons. The third-order valence-electron chi connectivity index (χ3n) is 4.53. The second-order valence-electron chi connectivity index (χ2n) is 6.78. The Bertz CT molecular complexity index is 1300. The lowest BCUT2D eigenvalue weighted by atomic mass is 10.2. The number of aromatic nitrogens is 3. The first-order valence-corrected chi connectivity index (χ1v) is 11.4. The third kappa shape index (κ3) is 4.07. The average molecular weight is 431 g/mol. The number of sulfonamides is 1. The van der Waals surface area contributed by atoms with Crippen molar-refractivity contribution in [3.8, 4) is 11.4 Å². The van der Waals surface area contributed by atoms with Gasteiger partial charge in [-0.1, -0.05) is 29.8 Å². The highest BCUT2D eigenvalue weighted by atomic mass is 32.2.